The van der Waals surface area contributed by atoms with Crippen LogP contribution < -0.4 is 0 Å². The molecule has 2 fully saturated rings. The van der Waals surface area contributed by atoms with Crippen molar-refractivity contribution in [3.05, 3.63) is 48.5 Å². The fourth-order valence-electron chi connectivity index (χ4n) is 5.73. The number of carbonyl (C=O) groups excluding carboxylic acids is 2. The third-order valence-corrected chi connectivity index (χ3v) is 7.72. The summed E-state index contributed by atoms with van der Waals surface area (Å²) in [6.45, 7) is 6.06. The average Bonchev–Trinajstić information content (AvgIpc) is 3.67. The fourth-order valence-corrected chi connectivity index (χ4v) is 5.73. The van der Waals surface area contributed by atoms with Gasteiger partial charge < -0.3 is 14.8 Å². The number of H-pyrrole nitrogens is 1. The van der Waals surface area contributed by atoms with E-state index in [1.165, 1.54) is 0 Å². The zero-order valence-electron chi connectivity index (χ0n) is 20.1. The van der Waals surface area contributed by atoms with Gasteiger partial charge in [0.1, 0.15) is 11.7 Å². The second-order valence-electron chi connectivity index (χ2n) is 9.93. The summed E-state index contributed by atoms with van der Waals surface area (Å²) in [4.78, 5) is 37.6. The number of aromatic nitrogens is 5. The van der Waals surface area contributed by atoms with Gasteiger partial charge in [-0.25, -0.2) is 4.98 Å². The summed E-state index contributed by atoms with van der Waals surface area (Å²) in [7, 11) is 0. The molecule has 2 amide bonds. The molecule has 0 spiro atoms. The van der Waals surface area contributed by atoms with E-state index >= 15 is 0 Å². The summed E-state index contributed by atoms with van der Waals surface area (Å²) in [5.41, 5.74) is 4.68. The summed E-state index contributed by atoms with van der Waals surface area (Å²) < 4.78 is 1.63. The first-order chi connectivity index (χ1) is 17.0. The highest BCUT2D eigenvalue weighted by atomic mass is 16.2. The van der Waals surface area contributed by atoms with Gasteiger partial charge in [0.2, 0.25) is 11.8 Å². The molecule has 0 saturated carbocycles. The summed E-state index contributed by atoms with van der Waals surface area (Å²) in [5.74, 6) is 0.154. The first kappa shape index (κ1) is 21.8. The lowest BCUT2D eigenvalue weighted by atomic mass is 9.86. The number of fused-ring (bicyclic) bond motifs is 2. The zero-order chi connectivity index (χ0) is 24.2. The minimum atomic E-state index is -0.315. The van der Waals surface area contributed by atoms with Crippen molar-refractivity contribution in [3.63, 3.8) is 0 Å². The quantitative estimate of drug-likeness (QED) is 0.493. The first-order valence-corrected chi connectivity index (χ1v) is 12.3. The lowest BCUT2D eigenvalue weighted by Gasteiger charge is -2.29. The van der Waals surface area contributed by atoms with Crippen molar-refractivity contribution in [3.8, 4) is 11.1 Å². The molecule has 2 atom stereocenters. The predicted molar refractivity (Wildman–Crippen MR) is 132 cm³/mol. The number of carbonyl (C=O) groups is 2. The molecule has 0 aliphatic carbocycles. The van der Waals surface area contributed by atoms with Gasteiger partial charge in [0, 0.05) is 60.5 Å². The third kappa shape index (κ3) is 3.48. The van der Waals surface area contributed by atoms with Crippen LogP contribution >= 0.6 is 0 Å². The topological polar surface area (TPSA) is 99.5 Å². The summed E-state index contributed by atoms with van der Waals surface area (Å²) in [6, 6.07) is 7.79. The zero-order valence-corrected chi connectivity index (χ0v) is 20.1. The average molecular weight is 472 g/mol. The Morgan fingerprint density at radius 3 is 2.91 bits per heavy atom. The standard InChI is InChI=1S/C26H29N7O2/c1-3-23(34)32-12-5-7-21(32)25(35)31-13-9-26(2,16-31)22-14-18-17(8-11-27-24(18)30-22)19-15-29-33-20(19)6-4-10-28-33/h4,6,8,10-11,14-15,21H,3,5,7,9,12-13,16H2,1-2H3,(H,27,30)/t21-,26?/m1/s1. The number of nitrogens with one attached hydrogen (secondary N) is 1. The summed E-state index contributed by atoms with van der Waals surface area (Å²) in [6.07, 6.45) is 8.31. The Morgan fingerprint density at radius 1 is 1.17 bits per heavy atom. The number of pyridine rings is 1. The van der Waals surface area contributed by atoms with E-state index in [1.807, 2.05) is 42.4 Å². The molecule has 6 heterocycles. The number of aromatic amines is 1. The molecule has 2 aliphatic rings. The molecule has 9 heteroatoms. The van der Waals surface area contributed by atoms with Crippen LogP contribution in [0.1, 0.15) is 45.2 Å². The molecule has 0 aromatic carbocycles. The molecule has 180 valence electrons. The van der Waals surface area contributed by atoms with Crippen molar-refractivity contribution in [1.82, 2.24) is 34.6 Å². The monoisotopic (exact) mass is 471 g/mol. The number of nitrogens with zero attached hydrogens (tertiary/aromatic N) is 6. The number of rotatable bonds is 4. The van der Waals surface area contributed by atoms with Crippen molar-refractivity contribution < 1.29 is 9.59 Å². The van der Waals surface area contributed by atoms with Crippen molar-refractivity contribution >= 4 is 28.4 Å². The Bertz CT molecular complexity index is 1440. The first-order valence-electron chi connectivity index (χ1n) is 12.3. The van der Waals surface area contributed by atoms with E-state index in [2.05, 4.69) is 33.2 Å². The van der Waals surface area contributed by atoms with Gasteiger partial charge in [0.25, 0.3) is 0 Å². The molecular formula is C26H29N7O2. The van der Waals surface area contributed by atoms with Gasteiger partial charge in [-0.15, -0.1) is 0 Å². The lowest BCUT2D eigenvalue weighted by Crippen LogP contribution is -2.47. The van der Waals surface area contributed by atoms with E-state index in [1.54, 1.807) is 15.7 Å². The Hall–Kier alpha value is -3.75. The van der Waals surface area contributed by atoms with E-state index in [0.29, 0.717) is 26.1 Å². The summed E-state index contributed by atoms with van der Waals surface area (Å²) in [5, 5.41) is 9.71. The molecule has 4 aromatic rings. The van der Waals surface area contributed by atoms with Crippen LogP contribution in [0.25, 0.3) is 27.7 Å². The largest absolute Gasteiger partial charge is 0.343 e. The van der Waals surface area contributed by atoms with E-state index < -0.39 is 0 Å². The molecular weight excluding hydrogens is 442 g/mol. The predicted octanol–water partition coefficient (Wildman–Crippen LogP) is 3.16. The van der Waals surface area contributed by atoms with E-state index in [-0.39, 0.29) is 23.3 Å². The number of hydrogen-bond donors (Lipinski definition) is 1. The molecule has 4 aromatic heterocycles. The van der Waals surface area contributed by atoms with Crippen LogP contribution in [0.15, 0.2) is 42.9 Å². The Kier molecular flexibility index (Phi) is 5.09. The maximum Gasteiger partial charge on any atom is 0.245 e. The van der Waals surface area contributed by atoms with Crippen LogP contribution in [0.3, 0.4) is 0 Å². The van der Waals surface area contributed by atoms with Crippen molar-refractivity contribution in [1.29, 1.82) is 0 Å². The Labute approximate surface area is 203 Å². The lowest BCUT2D eigenvalue weighted by molar-refractivity contribution is -0.143. The smallest absolute Gasteiger partial charge is 0.245 e. The molecule has 0 bridgehead atoms. The highest BCUT2D eigenvalue weighted by molar-refractivity contribution is 5.98. The van der Waals surface area contributed by atoms with Gasteiger partial charge >= 0.3 is 0 Å². The van der Waals surface area contributed by atoms with Gasteiger partial charge in [-0.3, -0.25) is 9.59 Å². The minimum absolute atomic E-state index is 0.0694. The van der Waals surface area contributed by atoms with Gasteiger partial charge in [-0.05, 0) is 49.1 Å². The van der Waals surface area contributed by atoms with Gasteiger partial charge in [-0.2, -0.15) is 14.8 Å². The van der Waals surface area contributed by atoms with Gasteiger partial charge in [0.05, 0.1) is 11.7 Å². The second kappa shape index (κ2) is 8.18. The van der Waals surface area contributed by atoms with Crippen LogP contribution in [0.2, 0.25) is 0 Å². The number of likely N-dealkylation sites (tertiary alicyclic amines) is 2. The van der Waals surface area contributed by atoms with E-state index in [9.17, 15) is 9.59 Å². The SMILES string of the molecule is CCC(=O)N1CCC[C@@H]1C(=O)N1CCC(C)(c2cc3c(-c4cnn5ncccc45)ccnc3[nH]2)C1. The highest BCUT2D eigenvalue weighted by Gasteiger charge is 2.43. The van der Waals surface area contributed by atoms with Crippen LogP contribution in [-0.4, -0.2) is 72.1 Å². The number of amides is 2. The second-order valence-corrected chi connectivity index (χ2v) is 9.93. The van der Waals surface area contributed by atoms with Gasteiger partial charge in [-0.1, -0.05) is 13.8 Å². The maximum absolute atomic E-state index is 13.4. The van der Waals surface area contributed by atoms with Crippen LogP contribution in [0.5, 0.6) is 0 Å². The molecule has 1 N–H and O–H groups in total. The van der Waals surface area contributed by atoms with Crippen LogP contribution in [-0.2, 0) is 15.0 Å². The van der Waals surface area contributed by atoms with E-state index in [4.69, 9.17) is 0 Å². The maximum atomic E-state index is 13.4. The Morgan fingerprint density at radius 2 is 2.06 bits per heavy atom. The normalized spacial score (nSPS) is 22.5. The highest BCUT2D eigenvalue weighted by Crippen LogP contribution is 2.38. The Balaban J connectivity index is 1.30. The molecule has 35 heavy (non-hydrogen) atoms. The van der Waals surface area contributed by atoms with Crippen molar-refractivity contribution in [2.24, 2.45) is 0 Å². The van der Waals surface area contributed by atoms with Crippen LogP contribution in [0.4, 0.5) is 0 Å². The van der Waals surface area contributed by atoms with Crippen molar-refractivity contribution in [2.45, 2.75) is 51.0 Å². The minimum Gasteiger partial charge on any atom is -0.343 e. The van der Waals surface area contributed by atoms with E-state index in [0.717, 1.165) is 52.6 Å². The molecule has 2 saturated heterocycles. The fraction of sp³-hybridized carbons (Fsp3) is 0.423. The van der Waals surface area contributed by atoms with Gasteiger partial charge in [0.15, 0.2) is 0 Å². The van der Waals surface area contributed by atoms with Crippen molar-refractivity contribution in [2.75, 3.05) is 19.6 Å². The molecule has 0 radical (unpaired) electrons. The molecule has 6 rings (SSSR count). The van der Waals surface area contributed by atoms with Crippen LogP contribution in [0, 0.1) is 0 Å². The molecule has 1 unspecified atom stereocenters. The molecule has 2 aliphatic heterocycles. The third-order valence-electron chi connectivity index (χ3n) is 7.72. The number of hydrogen-bond acceptors (Lipinski definition) is 5. The summed E-state index contributed by atoms with van der Waals surface area (Å²) >= 11 is 0. The molecule has 9 nitrogen and oxygen atoms in total.